The molecule has 0 aliphatic carbocycles. The summed E-state index contributed by atoms with van der Waals surface area (Å²) in [5.74, 6) is 1.19. The minimum absolute atomic E-state index is 0.0383. The highest BCUT2D eigenvalue weighted by Gasteiger charge is 2.39. The number of halogens is 1. The zero-order chi connectivity index (χ0) is 20.1. The molecule has 0 saturated carbocycles. The molecule has 1 aliphatic rings. The third-order valence-corrected chi connectivity index (χ3v) is 4.98. The summed E-state index contributed by atoms with van der Waals surface area (Å²) in [6.45, 7) is 6.19. The van der Waals surface area contributed by atoms with Crippen LogP contribution >= 0.6 is 11.6 Å². The first-order valence-electron chi connectivity index (χ1n) is 8.81. The number of nitriles is 1. The Morgan fingerprint density at radius 3 is 2.54 bits per heavy atom. The summed E-state index contributed by atoms with van der Waals surface area (Å²) in [7, 11) is 0. The highest BCUT2D eigenvalue weighted by Crippen LogP contribution is 2.46. The van der Waals surface area contributed by atoms with Gasteiger partial charge in [0.1, 0.15) is 23.2 Å². The van der Waals surface area contributed by atoms with Crippen molar-refractivity contribution in [2.24, 2.45) is 5.73 Å². The molecule has 142 valence electrons. The summed E-state index contributed by atoms with van der Waals surface area (Å²) >= 11 is 5.97. The number of nitrogens with one attached hydrogen (secondary N) is 1. The molecule has 1 atom stereocenters. The molecular weight excluding hydrogens is 376 g/mol. The average molecular weight is 395 g/mol. The first-order chi connectivity index (χ1) is 13.3. The van der Waals surface area contributed by atoms with Gasteiger partial charge in [-0.1, -0.05) is 32.4 Å². The number of ether oxygens (including phenoxy) is 1. The molecule has 3 N–H and O–H groups in total. The van der Waals surface area contributed by atoms with Crippen molar-refractivity contribution < 1.29 is 9.15 Å². The second-order valence-corrected chi connectivity index (χ2v) is 8.14. The number of hydrogen-bond donors (Lipinski definition) is 2. The van der Waals surface area contributed by atoms with Gasteiger partial charge in [-0.2, -0.15) is 5.26 Å². The second-order valence-electron chi connectivity index (χ2n) is 7.70. The van der Waals surface area contributed by atoms with Gasteiger partial charge in [-0.05, 0) is 36.4 Å². The quantitative estimate of drug-likeness (QED) is 0.647. The Morgan fingerprint density at radius 2 is 1.89 bits per heavy atom. The molecule has 0 spiro atoms. The van der Waals surface area contributed by atoms with Gasteiger partial charge in [0.2, 0.25) is 11.8 Å². The maximum absolute atomic E-state index is 9.75. The molecule has 0 radical (unpaired) electrons. The van der Waals surface area contributed by atoms with Gasteiger partial charge in [0, 0.05) is 21.7 Å². The summed E-state index contributed by atoms with van der Waals surface area (Å²) in [4.78, 5) is 0. The lowest BCUT2D eigenvalue weighted by atomic mass is 9.81. The summed E-state index contributed by atoms with van der Waals surface area (Å²) < 4.78 is 11.7. The van der Waals surface area contributed by atoms with Crippen molar-refractivity contribution in [3.63, 3.8) is 0 Å². The number of benzene rings is 1. The zero-order valence-electron chi connectivity index (χ0n) is 15.7. The summed E-state index contributed by atoms with van der Waals surface area (Å²) in [6, 6.07) is 13.3. The lowest BCUT2D eigenvalue weighted by Gasteiger charge is -2.26. The van der Waals surface area contributed by atoms with Crippen molar-refractivity contribution in [2.75, 3.05) is 0 Å². The van der Waals surface area contributed by atoms with E-state index in [2.05, 4.69) is 37.0 Å². The van der Waals surface area contributed by atoms with Crippen LogP contribution < -0.4 is 10.5 Å². The third kappa shape index (κ3) is 2.94. The number of rotatable bonds is 2. The van der Waals surface area contributed by atoms with Crippen molar-refractivity contribution in [1.82, 2.24) is 10.2 Å². The minimum atomic E-state index is -0.497. The van der Waals surface area contributed by atoms with E-state index < -0.39 is 5.92 Å². The largest absolute Gasteiger partial charge is 0.460 e. The van der Waals surface area contributed by atoms with Crippen LogP contribution in [0.3, 0.4) is 0 Å². The zero-order valence-corrected chi connectivity index (χ0v) is 16.5. The number of nitrogens with zero attached hydrogens (tertiary/aromatic N) is 2. The fourth-order valence-electron chi connectivity index (χ4n) is 3.38. The Hall–Kier alpha value is -3.17. The van der Waals surface area contributed by atoms with E-state index in [0.29, 0.717) is 28.0 Å². The highest BCUT2D eigenvalue weighted by molar-refractivity contribution is 6.30. The van der Waals surface area contributed by atoms with E-state index in [-0.39, 0.29) is 11.3 Å². The Labute approximate surface area is 167 Å². The normalized spacial score (nSPS) is 16.5. The minimum Gasteiger partial charge on any atom is -0.460 e. The van der Waals surface area contributed by atoms with Crippen LogP contribution in [0.4, 0.5) is 0 Å². The van der Waals surface area contributed by atoms with Crippen molar-refractivity contribution in [3.05, 3.63) is 69.9 Å². The molecule has 1 unspecified atom stereocenters. The molecule has 0 fully saturated rings. The summed E-state index contributed by atoms with van der Waals surface area (Å²) in [5, 5.41) is 17.7. The van der Waals surface area contributed by atoms with E-state index in [1.165, 1.54) is 0 Å². The first kappa shape index (κ1) is 18.2. The average Bonchev–Trinajstić information content (AvgIpc) is 3.27. The van der Waals surface area contributed by atoms with Gasteiger partial charge in [-0.15, -0.1) is 5.10 Å². The lowest BCUT2D eigenvalue weighted by molar-refractivity contribution is 0.370. The van der Waals surface area contributed by atoms with E-state index in [1.54, 1.807) is 12.1 Å². The van der Waals surface area contributed by atoms with Gasteiger partial charge in [-0.3, -0.25) is 5.10 Å². The molecule has 4 rings (SSSR count). The van der Waals surface area contributed by atoms with Crippen LogP contribution in [0.5, 0.6) is 5.88 Å². The Bertz CT molecular complexity index is 1110. The number of aromatic nitrogens is 2. The second kappa shape index (κ2) is 6.47. The van der Waals surface area contributed by atoms with Gasteiger partial charge in [0.15, 0.2) is 0 Å². The number of allylic oxidation sites excluding steroid dienone is 1. The van der Waals surface area contributed by atoms with E-state index in [1.807, 2.05) is 24.3 Å². The number of furan rings is 1. The molecule has 3 heterocycles. The van der Waals surface area contributed by atoms with Crippen LogP contribution in [0.25, 0.3) is 11.3 Å². The van der Waals surface area contributed by atoms with Gasteiger partial charge in [-0.25, -0.2) is 0 Å². The predicted octanol–water partition coefficient (Wildman–Crippen LogP) is 4.84. The number of aromatic amines is 1. The topological polar surface area (TPSA) is 101 Å². The molecule has 1 aliphatic heterocycles. The van der Waals surface area contributed by atoms with Crippen LogP contribution in [0.2, 0.25) is 5.02 Å². The fourth-order valence-corrected chi connectivity index (χ4v) is 3.50. The maximum Gasteiger partial charge on any atom is 0.244 e. The maximum atomic E-state index is 9.75. The molecule has 7 heteroatoms. The molecule has 3 aromatic rings. The van der Waals surface area contributed by atoms with E-state index in [0.717, 1.165) is 16.8 Å². The van der Waals surface area contributed by atoms with Crippen LogP contribution in [0.1, 0.15) is 43.7 Å². The highest BCUT2D eigenvalue weighted by atomic mass is 35.5. The van der Waals surface area contributed by atoms with Crippen LogP contribution in [0.15, 0.2) is 52.3 Å². The first-order valence-corrected chi connectivity index (χ1v) is 9.19. The standard InChI is InChI=1S/C21H19ClN4O2/c1-21(2,3)18-17-16(13(10-23)19(24)28-20(17)26-25-18)15-9-8-14(27-15)11-4-6-12(22)7-5-11/h4-9,16H,24H2,1-3H3,(H,25,26). The SMILES string of the molecule is CC(C)(C)c1[nH]nc2c1C(c1ccc(-c3ccc(Cl)cc3)o1)C(C#N)=C(N)O2. The molecular formula is C21H19ClN4O2. The molecule has 28 heavy (non-hydrogen) atoms. The van der Waals surface area contributed by atoms with Gasteiger partial charge >= 0.3 is 0 Å². The Morgan fingerprint density at radius 1 is 1.18 bits per heavy atom. The third-order valence-electron chi connectivity index (χ3n) is 4.73. The van der Waals surface area contributed by atoms with Crippen LogP contribution in [0, 0.1) is 11.3 Å². The van der Waals surface area contributed by atoms with E-state index >= 15 is 0 Å². The number of H-pyrrole nitrogens is 1. The summed E-state index contributed by atoms with van der Waals surface area (Å²) in [5.41, 5.74) is 8.61. The molecule has 0 bridgehead atoms. The number of fused-ring (bicyclic) bond motifs is 1. The predicted molar refractivity (Wildman–Crippen MR) is 106 cm³/mol. The van der Waals surface area contributed by atoms with Crippen LogP contribution in [-0.4, -0.2) is 10.2 Å². The monoisotopic (exact) mass is 394 g/mol. The number of hydrogen-bond acceptors (Lipinski definition) is 5. The van der Waals surface area contributed by atoms with Gasteiger partial charge < -0.3 is 14.9 Å². The van der Waals surface area contributed by atoms with Gasteiger partial charge in [0.05, 0.1) is 11.5 Å². The molecule has 6 nitrogen and oxygen atoms in total. The fraction of sp³-hybridized carbons (Fsp3) is 0.238. The Balaban J connectivity index is 1.86. The van der Waals surface area contributed by atoms with Crippen LogP contribution in [-0.2, 0) is 5.41 Å². The number of nitrogens with two attached hydrogens (primary N) is 1. The van der Waals surface area contributed by atoms with E-state index in [4.69, 9.17) is 26.5 Å². The van der Waals surface area contributed by atoms with Crippen molar-refractivity contribution in [1.29, 1.82) is 5.26 Å². The molecule has 0 amide bonds. The lowest BCUT2D eigenvalue weighted by Crippen LogP contribution is -2.23. The Kier molecular flexibility index (Phi) is 4.20. The van der Waals surface area contributed by atoms with Crippen molar-refractivity contribution in [2.45, 2.75) is 32.1 Å². The molecule has 2 aromatic heterocycles. The molecule has 1 aromatic carbocycles. The van der Waals surface area contributed by atoms with Crippen molar-refractivity contribution >= 4 is 11.6 Å². The summed E-state index contributed by atoms with van der Waals surface area (Å²) in [6.07, 6.45) is 0. The van der Waals surface area contributed by atoms with E-state index in [9.17, 15) is 5.26 Å². The smallest absolute Gasteiger partial charge is 0.244 e. The van der Waals surface area contributed by atoms with Gasteiger partial charge in [0.25, 0.3) is 0 Å². The van der Waals surface area contributed by atoms with Crippen molar-refractivity contribution in [3.8, 4) is 23.3 Å². The molecule has 0 saturated heterocycles.